The first kappa shape index (κ1) is 21.8. The molecule has 0 aromatic carbocycles. The SMILES string of the molecule is Cc1cnc(CNC(=NCC(=O)N(C)C)NCCc2cccs2)s1.I. The molecule has 0 saturated carbocycles. The van der Waals surface area contributed by atoms with Gasteiger partial charge in [0.2, 0.25) is 5.91 Å². The Labute approximate surface area is 173 Å². The smallest absolute Gasteiger partial charge is 0.243 e. The predicted octanol–water partition coefficient (Wildman–Crippen LogP) is 2.50. The number of aliphatic imine (C=N–C) groups is 1. The number of thiophene rings is 1. The van der Waals surface area contributed by atoms with Crippen molar-refractivity contribution >= 4 is 58.5 Å². The molecular weight excluding hydrogens is 469 g/mol. The van der Waals surface area contributed by atoms with Crippen molar-refractivity contribution < 1.29 is 4.79 Å². The number of amides is 1. The molecule has 0 radical (unpaired) electrons. The summed E-state index contributed by atoms with van der Waals surface area (Å²) in [6.07, 6.45) is 2.79. The molecule has 0 aliphatic rings. The second-order valence-electron chi connectivity index (χ2n) is 5.43. The summed E-state index contributed by atoms with van der Waals surface area (Å²) in [5, 5.41) is 9.60. The molecule has 0 aliphatic carbocycles. The molecule has 0 fully saturated rings. The first-order valence-electron chi connectivity index (χ1n) is 7.70. The van der Waals surface area contributed by atoms with E-state index in [-0.39, 0.29) is 36.4 Å². The topological polar surface area (TPSA) is 69.6 Å². The molecular formula is C16H24IN5OS2. The molecule has 0 bridgehead atoms. The van der Waals surface area contributed by atoms with Crippen molar-refractivity contribution in [3.05, 3.63) is 38.5 Å². The monoisotopic (exact) mass is 493 g/mol. The lowest BCUT2D eigenvalue weighted by molar-refractivity contribution is -0.127. The van der Waals surface area contributed by atoms with Gasteiger partial charge in [0, 0.05) is 36.6 Å². The third-order valence-corrected chi connectivity index (χ3v) is 5.04. The number of hydrogen-bond donors (Lipinski definition) is 2. The van der Waals surface area contributed by atoms with Crippen molar-refractivity contribution in [3.8, 4) is 0 Å². The molecule has 2 heterocycles. The molecule has 2 N–H and O–H groups in total. The molecule has 25 heavy (non-hydrogen) atoms. The minimum Gasteiger partial charge on any atom is -0.356 e. The lowest BCUT2D eigenvalue weighted by atomic mass is 10.3. The molecule has 0 atom stereocenters. The van der Waals surface area contributed by atoms with Gasteiger partial charge in [-0.1, -0.05) is 6.07 Å². The first-order valence-corrected chi connectivity index (χ1v) is 9.40. The summed E-state index contributed by atoms with van der Waals surface area (Å²) >= 11 is 3.39. The highest BCUT2D eigenvalue weighted by Crippen LogP contribution is 2.10. The van der Waals surface area contributed by atoms with Crippen molar-refractivity contribution in [2.45, 2.75) is 19.9 Å². The summed E-state index contributed by atoms with van der Waals surface area (Å²) < 4.78 is 0. The van der Waals surface area contributed by atoms with Gasteiger partial charge in [-0.25, -0.2) is 9.98 Å². The molecule has 0 spiro atoms. The van der Waals surface area contributed by atoms with Crippen LogP contribution in [0, 0.1) is 6.92 Å². The minimum absolute atomic E-state index is 0. The van der Waals surface area contributed by atoms with E-state index < -0.39 is 0 Å². The van der Waals surface area contributed by atoms with Crippen molar-refractivity contribution in [2.24, 2.45) is 4.99 Å². The van der Waals surface area contributed by atoms with Gasteiger partial charge in [0.15, 0.2) is 5.96 Å². The van der Waals surface area contributed by atoms with Gasteiger partial charge in [0.1, 0.15) is 11.6 Å². The average Bonchev–Trinajstić information content (AvgIpc) is 3.20. The highest BCUT2D eigenvalue weighted by Gasteiger charge is 2.06. The minimum atomic E-state index is -0.0283. The summed E-state index contributed by atoms with van der Waals surface area (Å²) in [6.45, 7) is 3.52. The Hall–Kier alpha value is -1.20. The molecule has 2 aromatic rings. The van der Waals surface area contributed by atoms with Gasteiger partial charge in [-0.3, -0.25) is 4.79 Å². The molecule has 138 valence electrons. The third-order valence-electron chi connectivity index (χ3n) is 3.19. The van der Waals surface area contributed by atoms with Crippen molar-refractivity contribution in [1.82, 2.24) is 20.5 Å². The molecule has 9 heteroatoms. The summed E-state index contributed by atoms with van der Waals surface area (Å²) in [4.78, 5) is 24.5. The van der Waals surface area contributed by atoms with Crippen molar-refractivity contribution in [1.29, 1.82) is 0 Å². The van der Waals surface area contributed by atoms with Crippen LogP contribution in [-0.4, -0.2) is 48.9 Å². The largest absolute Gasteiger partial charge is 0.356 e. The number of guanidine groups is 1. The normalized spacial score (nSPS) is 10.9. The zero-order valence-electron chi connectivity index (χ0n) is 14.6. The number of aryl methyl sites for hydroxylation is 1. The Morgan fingerprint density at radius 1 is 1.36 bits per heavy atom. The lowest BCUT2D eigenvalue weighted by Crippen LogP contribution is -2.39. The number of halogens is 1. The van der Waals surface area contributed by atoms with E-state index in [4.69, 9.17) is 0 Å². The number of aromatic nitrogens is 1. The molecule has 0 unspecified atom stereocenters. The number of rotatable bonds is 7. The Morgan fingerprint density at radius 2 is 2.16 bits per heavy atom. The molecule has 6 nitrogen and oxygen atoms in total. The molecule has 1 amide bonds. The van der Waals surface area contributed by atoms with E-state index >= 15 is 0 Å². The van der Waals surface area contributed by atoms with Crippen LogP contribution in [-0.2, 0) is 17.8 Å². The van der Waals surface area contributed by atoms with Gasteiger partial charge < -0.3 is 15.5 Å². The standard InChI is InChI=1S/C16H23N5OS2.HI/c1-12-9-18-14(24-12)10-19-16(20-11-15(22)21(2)3)17-7-6-13-5-4-8-23-13;/h4-5,8-9H,6-7,10-11H2,1-3H3,(H2,17,19,20);1H. The number of carbonyl (C=O) groups excluding carboxylic acids is 1. The third kappa shape index (κ3) is 8.15. The summed E-state index contributed by atoms with van der Waals surface area (Å²) in [5.41, 5.74) is 0. The predicted molar refractivity (Wildman–Crippen MR) is 116 cm³/mol. The number of thiazole rings is 1. The van der Waals surface area contributed by atoms with E-state index in [0.29, 0.717) is 12.5 Å². The van der Waals surface area contributed by atoms with Crippen LogP contribution in [0.2, 0.25) is 0 Å². The maximum Gasteiger partial charge on any atom is 0.243 e. The van der Waals surface area contributed by atoms with Crippen LogP contribution in [0.15, 0.2) is 28.7 Å². The van der Waals surface area contributed by atoms with Gasteiger partial charge >= 0.3 is 0 Å². The Balaban J connectivity index is 0.00000312. The van der Waals surface area contributed by atoms with E-state index in [1.165, 1.54) is 14.7 Å². The fraction of sp³-hybridized carbons (Fsp3) is 0.438. The summed E-state index contributed by atoms with van der Waals surface area (Å²) in [6, 6.07) is 4.16. The van der Waals surface area contributed by atoms with E-state index in [0.717, 1.165) is 18.0 Å². The van der Waals surface area contributed by atoms with Crippen LogP contribution in [0.4, 0.5) is 0 Å². The Kier molecular flexibility index (Phi) is 9.98. The van der Waals surface area contributed by atoms with Crippen LogP contribution in [0.3, 0.4) is 0 Å². The maximum atomic E-state index is 11.7. The highest BCUT2D eigenvalue weighted by atomic mass is 127. The van der Waals surface area contributed by atoms with Crippen LogP contribution in [0.5, 0.6) is 0 Å². The van der Waals surface area contributed by atoms with E-state index in [1.807, 2.05) is 19.2 Å². The van der Waals surface area contributed by atoms with Gasteiger partial charge in [-0.05, 0) is 24.8 Å². The van der Waals surface area contributed by atoms with E-state index in [9.17, 15) is 4.79 Å². The number of likely N-dealkylation sites (N-methyl/N-ethyl adjacent to an activating group) is 1. The Bertz CT molecular complexity index is 670. The number of carbonyl (C=O) groups is 1. The van der Waals surface area contributed by atoms with Crippen LogP contribution >= 0.6 is 46.7 Å². The van der Waals surface area contributed by atoms with E-state index in [2.05, 4.69) is 32.1 Å². The summed E-state index contributed by atoms with van der Waals surface area (Å²) in [5.74, 6) is 0.606. The lowest BCUT2D eigenvalue weighted by Gasteiger charge is -2.13. The van der Waals surface area contributed by atoms with E-state index in [1.54, 1.807) is 36.8 Å². The van der Waals surface area contributed by atoms with Crippen LogP contribution < -0.4 is 10.6 Å². The van der Waals surface area contributed by atoms with Crippen LogP contribution in [0.25, 0.3) is 0 Å². The number of nitrogens with zero attached hydrogens (tertiary/aromatic N) is 3. The fourth-order valence-corrected chi connectivity index (χ4v) is 3.30. The van der Waals surface area contributed by atoms with Crippen molar-refractivity contribution in [2.75, 3.05) is 27.2 Å². The first-order chi connectivity index (χ1) is 11.5. The fourth-order valence-electron chi connectivity index (χ4n) is 1.86. The Morgan fingerprint density at radius 3 is 2.76 bits per heavy atom. The summed E-state index contributed by atoms with van der Waals surface area (Å²) in [7, 11) is 3.46. The average molecular weight is 493 g/mol. The molecule has 2 aromatic heterocycles. The quantitative estimate of drug-likeness (QED) is 0.354. The zero-order valence-corrected chi connectivity index (χ0v) is 18.6. The number of hydrogen-bond acceptors (Lipinski definition) is 5. The second-order valence-corrected chi connectivity index (χ2v) is 7.78. The van der Waals surface area contributed by atoms with Gasteiger partial charge in [-0.15, -0.1) is 46.7 Å². The second kappa shape index (κ2) is 11.4. The molecule has 2 rings (SSSR count). The highest BCUT2D eigenvalue weighted by molar-refractivity contribution is 14.0. The van der Waals surface area contributed by atoms with Gasteiger partial charge in [0.25, 0.3) is 0 Å². The van der Waals surface area contributed by atoms with Crippen LogP contribution in [0.1, 0.15) is 14.8 Å². The molecule has 0 aliphatic heterocycles. The maximum absolute atomic E-state index is 11.7. The zero-order chi connectivity index (χ0) is 17.4. The number of nitrogens with one attached hydrogen (secondary N) is 2. The molecule has 0 saturated heterocycles. The van der Waals surface area contributed by atoms with Gasteiger partial charge in [0.05, 0.1) is 6.54 Å². The van der Waals surface area contributed by atoms with Gasteiger partial charge in [-0.2, -0.15) is 0 Å². The van der Waals surface area contributed by atoms with Crippen molar-refractivity contribution in [3.63, 3.8) is 0 Å².